The fraction of sp³-hybridized carbons (Fsp3) is 0.462. The smallest absolute Gasteiger partial charge is 0.113 e. The summed E-state index contributed by atoms with van der Waals surface area (Å²) in [6, 6.07) is 7.05. The zero-order chi connectivity index (χ0) is 10.7. The van der Waals surface area contributed by atoms with E-state index in [-0.39, 0.29) is 0 Å². The molecule has 2 aromatic rings. The third kappa shape index (κ3) is 1.27. The summed E-state index contributed by atoms with van der Waals surface area (Å²) in [6.45, 7) is 0. The van der Waals surface area contributed by atoms with Gasteiger partial charge in [0.05, 0.1) is 11.0 Å². The van der Waals surface area contributed by atoms with Gasteiger partial charge in [-0.05, 0) is 53.7 Å². The second-order valence-electron chi connectivity index (χ2n) is 4.95. The molecule has 16 heavy (non-hydrogen) atoms. The van der Waals surface area contributed by atoms with Crippen LogP contribution in [0, 0.1) is 0 Å². The molecule has 4 rings (SSSR count). The third-order valence-electron chi connectivity index (χ3n) is 3.54. The molecule has 0 radical (unpaired) electrons. The number of para-hydroxylation sites is 1. The number of hydrogen-bond acceptors (Lipinski definition) is 1. The Kier molecular flexibility index (Phi) is 1.79. The topological polar surface area (TPSA) is 17.8 Å². The molecule has 0 amide bonds. The van der Waals surface area contributed by atoms with Gasteiger partial charge in [-0.1, -0.05) is 6.07 Å². The third-order valence-corrected chi connectivity index (χ3v) is 4.18. The first-order valence-corrected chi connectivity index (χ1v) is 6.80. The molecular weight excluding hydrogens is 264 g/mol. The van der Waals surface area contributed by atoms with E-state index in [0.717, 1.165) is 17.5 Å². The molecule has 0 saturated heterocycles. The molecule has 2 saturated carbocycles. The maximum absolute atomic E-state index is 4.83. The summed E-state index contributed by atoms with van der Waals surface area (Å²) < 4.78 is 3.69. The van der Waals surface area contributed by atoms with Crippen LogP contribution in [-0.4, -0.2) is 9.55 Å². The molecule has 0 N–H and O–H groups in total. The van der Waals surface area contributed by atoms with E-state index in [4.69, 9.17) is 4.98 Å². The predicted octanol–water partition coefficient (Wildman–Crippen LogP) is 4.01. The van der Waals surface area contributed by atoms with Crippen molar-refractivity contribution in [1.29, 1.82) is 0 Å². The van der Waals surface area contributed by atoms with E-state index >= 15 is 0 Å². The monoisotopic (exact) mass is 276 g/mol. The molecule has 0 unspecified atom stereocenters. The van der Waals surface area contributed by atoms with Gasteiger partial charge in [0.25, 0.3) is 0 Å². The van der Waals surface area contributed by atoms with E-state index < -0.39 is 0 Å². The molecule has 1 aromatic heterocycles. The Hall–Kier alpha value is -0.830. The Morgan fingerprint density at radius 2 is 2.00 bits per heavy atom. The second-order valence-corrected chi connectivity index (χ2v) is 5.81. The van der Waals surface area contributed by atoms with Gasteiger partial charge < -0.3 is 4.57 Å². The summed E-state index contributed by atoms with van der Waals surface area (Å²) in [5.41, 5.74) is 2.47. The number of rotatable bonds is 2. The van der Waals surface area contributed by atoms with Crippen LogP contribution in [0.1, 0.15) is 43.5 Å². The highest BCUT2D eigenvalue weighted by Crippen LogP contribution is 2.47. The maximum Gasteiger partial charge on any atom is 0.113 e. The average molecular weight is 277 g/mol. The van der Waals surface area contributed by atoms with Crippen molar-refractivity contribution >= 4 is 27.0 Å². The van der Waals surface area contributed by atoms with Gasteiger partial charge in [-0.2, -0.15) is 0 Å². The zero-order valence-corrected chi connectivity index (χ0v) is 10.6. The standard InChI is InChI=1S/C13H13BrN2/c14-10-2-1-3-11-12(10)16(9-6-7-9)13(15-11)8-4-5-8/h1-3,8-9H,4-7H2. The molecule has 0 aliphatic heterocycles. The van der Waals surface area contributed by atoms with Crippen LogP contribution in [0.5, 0.6) is 0 Å². The van der Waals surface area contributed by atoms with Gasteiger partial charge in [0.2, 0.25) is 0 Å². The summed E-state index contributed by atoms with van der Waals surface area (Å²) in [5, 5.41) is 0. The lowest BCUT2D eigenvalue weighted by atomic mass is 10.3. The van der Waals surface area contributed by atoms with Crippen LogP contribution in [0.15, 0.2) is 22.7 Å². The van der Waals surface area contributed by atoms with Crippen LogP contribution in [-0.2, 0) is 0 Å². The van der Waals surface area contributed by atoms with E-state index in [1.807, 2.05) is 0 Å². The number of aromatic nitrogens is 2. The molecule has 1 heterocycles. The van der Waals surface area contributed by atoms with Gasteiger partial charge in [0.15, 0.2) is 0 Å². The van der Waals surface area contributed by atoms with E-state index in [1.54, 1.807) is 0 Å². The fourth-order valence-corrected chi connectivity index (χ4v) is 3.00. The minimum Gasteiger partial charge on any atom is -0.324 e. The first kappa shape index (κ1) is 9.23. The van der Waals surface area contributed by atoms with Crippen molar-refractivity contribution < 1.29 is 0 Å². The Balaban J connectivity index is 2.05. The van der Waals surface area contributed by atoms with Crippen molar-refractivity contribution in [2.45, 2.75) is 37.6 Å². The Morgan fingerprint density at radius 1 is 1.19 bits per heavy atom. The SMILES string of the molecule is Brc1cccc2nc(C3CC3)n(C3CC3)c12. The van der Waals surface area contributed by atoms with Crippen LogP contribution < -0.4 is 0 Å². The van der Waals surface area contributed by atoms with Crippen LogP contribution in [0.2, 0.25) is 0 Å². The lowest BCUT2D eigenvalue weighted by Crippen LogP contribution is -2.00. The van der Waals surface area contributed by atoms with Gasteiger partial charge in [-0.3, -0.25) is 0 Å². The largest absolute Gasteiger partial charge is 0.324 e. The van der Waals surface area contributed by atoms with Crippen LogP contribution in [0.25, 0.3) is 11.0 Å². The fourth-order valence-electron chi connectivity index (χ4n) is 2.46. The highest BCUT2D eigenvalue weighted by atomic mass is 79.9. The lowest BCUT2D eigenvalue weighted by molar-refractivity contribution is 0.702. The summed E-state index contributed by atoms with van der Waals surface area (Å²) in [5.74, 6) is 2.07. The van der Waals surface area contributed by atoms with Gasteiger partial charge in [-0.25, -0.2) is 4.98 Å². The van der Waals surface area contributed by atoms with Gasteiger partial charge in [-0.15, -0.1) is 0 Å². The molecule has 0 bridgehead atoms. The summed E-state index contributed by atoms with van der Waals surface area (Å²) in [4.78, 5) is 4.83. The van der Waals surface area contributed by atoms with Crippen molar-refractivity contribution in [3.63, 3.8) is 0 Å². The van der Waals surface area contributed by atoms with Crippen LogP contribution in [0.3, 0.4) is 0 Å². The van der Waals surface area contributed by atoms with E-state index in [9.17, 15) is 0 Å². The molecule has 2 fully saturated rings. The van der Waals surface area contributed by atoms with E-state index in [2.05, 4.69) is 38.7 Å². The second kappa shape index (κ2) is 3.10. The minimum atomic E-state index is 0.722. The van der Waals surface area contributed by atoms with Gasteiger partial charge in [0, 0.05) is 16.4 Å². The number of fused-ring (bicyclic) bond motifs is 1. The minimum absolute atomic E-state index is 0.722. The van der Waals surface area contributed by atoms with Crippen molar-refractivity contribution in [3.05, 3.63) is 28.5 Å². The molecule has 2 aliphatic rings. The first-order valence-electron chi connectivity index (χ1n) is 6.01. The van der Waals surface area contributed by atoms with Crippen LogP contribution >= 0.6 is 15.9 Å². The quantitative estimate of drug-likeness (QED) is 0.811. The number of benzene rings is 1. The number of halogens is 1. The molecule has 0 spiro atoms. The Bertz CT molecular complexity index is 565. The molecular formula is C13H13BrN2. The Morgan fingerprint density at radius 3 is 2.69 bits per heavy atom. The van der Waals surface area contributed by atoms with Gasteiger partial charge in [0.1, 0.15) is 5.82 Å². The molecule has 1 aromatic carbocycles. The number of hydrogen-bond donors (Lipinski definition) is 0. The van der Waals surface area contributed by atoms with Crippen molar-refractivity contribution in [1.82, 2.24) is 9.55 Å². The summed E-state index contributed by atoms with van der Waals surface area (Å²) in [7, 11) is 0. The zero-order valence-electron chi connectivity index (χ0n) is 8.99. The molecule has 2 nitrogen and oxygen atoms in total. The molecule has 0 atom stereocenters. The van der Waals surface area contributed by atoms with Crippen molar-refractivity contribution in [3.8, 4) is 0 Å². The maximum atomic E-state index is 4.83. The van der Waals surface area contributed by atoms with Crippen LogP contribution in [0.4, 0.5) is 0 Å². The van der Waals surface area contributed by atoms with Crippen molar-refractivity contribution in [2.24, 2.45) is 0 Å². The summed E-state index contributed by atoms with van der Waals surface area (Å²) in [6.07, 6.45) is 5.31. The molecule has 2 aliphatic carbocycles. The van der Waals surface area contributed by atoms with Crippen molar-refractivity contribution in [2.75, 3.05) is 0 Å². The lowest BCUT2D eigenvalue weighted by Gasteiger charge is -2.07. The summed E-state index contributed by atoms with van der Waals surface area (Å²) >= 11 is 3.67. The normalized spacial score (nSPS) is 20.6. The highest BCUT2D eigenvalue weighted by molar-refractivity contribution is 9.10. The van der Waals surface area contributed by atoms with E-state index in [0.29, 0.717) is 0 Å². The Labute approximate surface area is 103 Å². The number of nitrogens with zero attached hydrogens (tertiary/aromatic N) is 2. The first-order chi connectivity index (χ1) is 7.84. The van der Waals surface area contributed by atoms with Gasteiger partial charge >= 0.3 is 0 Å². The predicted molar refractivity (Wildman–Crippen MR) is 67.7 cm³/mol. The highest BCUT2D eigenvalue weighted by Gasteiger charge is 2.35. The number of imidazole rings is 1. The molecule has 82 valence electrons. The van der Waals surface area contributed by atoms with E-state index in [1.165, 1.54) is 41.5 Å². The average Bonchev–Trinajstić information content (AvgIpc) is 3.16. The molecule has 3 heteroatoms.